The lowest BCUT2D eigenvalue weighted by Crippen LogP contribution is -2.63. The highest BCUT2D eigenvalue weighted by atomic mass is 19.4. The van der Waals surface area contributed by atoms with Gasteiger partial charge in [0.15, 0.2) is 0 Å². The normalized spacial score (nSPS) is 18.5. The second-order valence-electron chi connectivity index (χ2n) is 5.45. The quantitative estimate of drug-likeness (QED) is 0.799. The van der Waals surface area contributed by atoms with Crippen molar-refractivity contribution in [2.24, 2.45) is 0 Å². The molecule has 2 aliphatic heterocycles. The molecule has 2 fully saturated rings. The molecule has 2 aliphatic rings. The summed E-state index contributed by atoms with van der Waals surface area (Å²) in [7, 11) is 0. The molecule has 2 N–H and O–H groups in total. The lowest BCUT2D eigenvalue weighted by Gasteiger charge is -2.42. The Kier molecular flexibility index (Phi) is 3.82. The molecule has 5 amide bonds. The van der Waals surface area contributed by atoms with Gasteiger partial charge in [-0.25, -0.2) is 9.59 Å². The van der Waals surface area contributed by atoms with Gasteiger partial charge in [-0.3, -0.25) is 9.69 Å². The van der Waals surface area contributed by atoms with Gasteiger partial charge in [-0.2, -0.15) is 13.2 Å². The number of hydrogen-bond acceptors (Lipinski definition) is 3. The van der Waals surface area contributed by atoms with Crippen LogP contribution < -0.4 is 10.6 Å². The Balaban J connectivity index is 1.62. The fourth-order valence-electron chi connectivity index (χ4n) is 2.62. The van der Waals surface area contributed by atoms with Gasteiger partial charge in [-0.1, -0.05) is 12.1 Å². The van der Waals surface area contributed by atoms with Gasteiger partial charge in [0.05, 0.1) is 23.8 Å². The number of amides is 5. The first kappa shape index (κ1) is 16.1. The first-order chi connectivity index (χ1) is 11.3. The molecule has 0 aromatic heterocycles. The number of benzene rings is 1. The van der Waals surface area contributed by atoms with Crippen LogP contribution in [0.5, 0.6) is 0 Å². The van der Waals surface area contributed by atoms with Crippen molar-refractivity contribution >= 4 is 23.7 Å². The second kappa shape index (κ2) is 5.69. The van der Waals surface area contributed by atoms with Crippen LogP contribution in [-0.4, -0.2) is 53.4 Å². The smallest absolute Gasteiger partial charge is 0.329 e. The van der Waals surface area contributed by atoms with Gasteiger partial charge in [0.2, 0.25) is 5.91 Å². The molecule has 2 heterocycles. The first-order valence-corrected chi connectivity index (χ1v) is 7.09. The summed E-state index contributed by atoms with van der Waals surface area (Å²) < 4.78 is 38.7. The Hall–Kier alpha value is -2.78. The van der Waals surface area contributed by atoms with Crippen molar-refractivity contribution in [1.29, 1.82) is 0 Å². The minimum Gasteiger partial charge on any atom is -0.329 e. The molecule has 3 rings (SSSR count). The zero-order valence-electron chi connectivity index (χ0n) is 12.3. The average Bonchev–Trinajstić information content (AvgIpc) is 2.77. The van der Waals surface area contributed by atoms with Crippen LogP contribution in [0.2, 0.25) is 0 Å². The van der Waals surface area contributed by atoms with Crippen LogP contribution in [-0.2, 0) is 11.0 Å². The number of urea groups is 2. The van der Waals surface area contributed by atoms with E-state index in [1.165, 1.54) is 17.0 Å². The van der Waals surface area contributed by atoms with Gasteiger partial charge in [0.1, 0.15) is 0 Å². The molecule has 0 bridgehead atoms. The summed E-state index contributed by atoms with van der Waals surface area (Å²) in [6.45, 7) is 0.0822. The SMILES string of the molecule is O=C(Nc1ccccc1C(F)(F)F)N1CC(N2C(=O)CNC2=O)C1. The third-order valence-corrected chi connectivity index (χ3v) is 3.87. The molecule has 24 heavy (non-hydrogen) atoms. The molecule has 0 atom stereocenters. The zero-order chi connectivity index (χ0) is 17.5. The third-order valence-electron chi connectivity index (χ3n) is 3.87. The van der Waals surface area contributed by atoms with Crippen molar-refractivity contribution in [2.75, 3.05) is 25.0 Å². The van der Waals surface area contributed by atoms with Crippen LogP contribution in [0.4, 0.5) is 28.4 Å². The molecule has 0 radical (unpaired) electrons. The molecule has 1 aromatic rings. The maximum atomic E-state index is 12.9. The minimum atomic E-state index is -4.58. The molecule has 0 saturated carbocycles. The number of anilines is 1. The number of rotatable bonds is 2. The number of nitrogens with one attached hydrogen (secondary N) is 2. The van der Waals surface area contributed by atoms with E-state index in [0.29, 0.717) is 0 Å². The number of likely N-dealkylation sites (tertiary alicyclic amines) is 1. The van der Waals surface area contributed by atoms with Crippen LogP contribution in [0, 0.1) is 0 Å². The van der Waals surface area contributed by atoms with E-state index in [0.717, 1.165) is 17.0 Å². The summed E-state index contributed by atoms with van der Waals surface area (Å²) in [6.07, 6.45) is -4.58. The third kappa shape index (κ3) is 2.86. The maximum Gasteiger partial charge on any atom is 0.418 e. The number of hydrogen-bond donors (Lipinski definition) is 2. The molecule has 0 spiro atoms. The summed E-state index contributed by atoms with van der Waals surface area (Å²) in [6, 6.07) is 2.97. The van der Waals surface area contributed by atoms with Crippen LogP contribution in [0.3, 0.4) is 0 Å². The Morgan fingerprint density at radius 3 is 2.46 bits per heavy atom. The summed E-state index contributed by atoms with van der Waals surface area (Å²) in [4.78, 5) is 37.3. The van der Waals surface area contributed by atoms with E-state index < -0.39 is 29.8 Å². The number of imide groups is 1. The van der Waals surface area contributed by atoms with E-state index in [9.17, 15) is 27.6 Å². The van der Waals surface area contributed by atoms with E-state index in [2.05, 4.69) is 10.6 Å². The molecule has 0 unspecified atom stereocenters. The monoisotopic (exact) mass is 342 g/mol. The fourth-order valence-corrected chi connectivity index (χ4v) is 2.62. The Bertz CT molecular complexity index is 685. The van der Waals surface area contributed by atoms with E-state index in [-0.39, 0.29) is 31.2 Å². The molecule has 128 valence electrons. The summed E-state index contributed by atoms with van der Waals surface area (Å²) in [5.74, 6) is -0.382. The van der Waals surface area contributed by atoms with Crippen LogP contribution in [0.25, 0.3) is 0 Å². The first-order valence-electron chi connectivity index (χ1n) is 7.09. The number of carbonyl (C=O) groups is 3. The maximum absolute atomic E-state index is 12.9. The highest BCUT2D eigenvalue weighted by Gasteiger charge is 2.43. The zero-order valence-corrected chi connectivity index (χ0v) is 12.3. The van der Waals surface area contributed by atoms with Crippen molar-refractivity contribution in [1.82, 2.24) is 15.1 Å². The minimum absolute atomic E-state index is 0.0825. The highest BCUT2D eigenvalue weighted by molar-refractivity contribution is 6.02. The molecule has 10 heteroatoms. The van der Waals surface area contributed by atoms with Crippen molar-refractivity contribution in [3.63, 3.8) is 0 Å². The molecular formula is C14H13F3N4O3. The largest absolute Gasteiger partial charge is 0.418 e. The number of nitrogens with zero attached hydrogens (tertiary/aromatic N) is 2. The number of carbonyl (C=O) groups excluding carboxylic acids is 3. The van der Waals surface area contributed by atoms with E-state index in [4.69, 9.17) is 0 Å². The van der Waals surface area contributed by atoms with Crippen LogP contribution >= 0.6 is 0 Å². The van der Waals surface area contributed by atoms with Gasteiger partial charge in [-0.15, -0.1) is 0 Å². The van der Waals surface area contributed by atoms with Crippen LogP contribution in [0.15, 0.2) is 24.3 Å². The van der Waals surface area contributed by atoms with E-state index in [1.54, 1.807) is 0 Å². The molecule has 7 nitrogen and oxygen atoms in total. The molecule has 2 saturated heterocycles. The van der Waals surface area contributed by atoms with Gasteiger partial charge < -0.3 is 15.5 Å². The van der Waals surface area contributed by atoms with Crippen LogP contribution in [0.1, 0.15) is 5.56 Å². The topological polar surface area (TPSA) is 81.8 Å². The predicted molar refractivity (Wildman–Crippen MR) is 76.1 cm³/mol. The predicted octanol–water partition coefficient (Wildman–Crippen LogP) is 1.47. The van der Waals surface area contributed by atoms with Crippen molar-refractivity contribution < 1.29 is 27.6 Å². The van der Waals surface area contributed by atoms with Crippen molar-refractivity contribution in [3.05, 3.63) is 29.8 Å². The standard InChI is InChI=1S/C14H13F3N4O3/c15-14(16,17)9-3-1-2-4-10(9)19-13(24)20-6-8(7-20)21-11(22)5-18-12(21)23/h1-4,8H,5-7H2,(H,18,23)(H,19,24). The van der Waals surface area contributed by atoms with Gasteiger partial charge in [0.25, 0.3) is 0 Å². The number of para-hydroxylation sites is 1. The van der Waals surface area contributed by atoms with E-state index in [1.807, 2.05) is 0 Å². The van der Waals surface area contributed by atoms with E-state index >= 15 is 0 Å². The lowest BCUT2D eigenvalue weighted by molar-refractivity contribution is -0.137. The van der Waals surface area contributed by atoms with Gasteiger partial charge >= 0.3 is 18.2 Å². The molecular weight excluding hydrogens is 329 g/mol. The summed E-state index contributed by atoms with van der Waals surface area (Å²) in [5, 5.41) is 4.59. The van der Waals surface area contributed by atoms with Gasteiger partial charge in [0, 0.05) is 13.1 Å². The fraction of sp³-hybridized carbons (Fsp3) is 0.357. The number of halogens is 3. The van der Waals surface area contributed by atoms with Crippen molar-refractivity contribution in [2.45, 2.75) is 12.2 Å². The highest BCUT2D eigenvalue weighted by Crippen LogP contribution is 2.34. The number of alkyl halides is 3. The second-order valence-corrected chi connectivity index (χ2v) is 5.45. The average molecular weight is 342 g/mol. The lowest BCUT2D eigenvalue weighted by atomic mass is 10.1. The summed E-state index contributed by atoms with van der Waals surface area (Å²) in [5.41, 5.74) is -1.28. The van der Waals surface area contributed by atoms with Crippen molar-refractivity contribution in [3.8, 4) is 0 Å². The molecule has 1 aromatic carbocycles. The Labute approximate surface area is 134 Å². The Morgan fingerprint density at radius 1 is 1.21 bits per heavy atom. The van der Waals surface area contributed by atoms with Gasteiger partial charge in [-0.05, 0) is 12.1 Å². The summed E-state index contributed by atoms with van der Waals surface area (Å²) >= 11 is 0. The Morgan fingerprint density at radius 2 is 1.88 bits per heavy atom. The molecule has 0 aliphatic carbocycles.